The Bertz CT molecular complexity index is 405. The molecule has 0 saturated heterocycles. The van der Waals surface area contributed by atoms with E-state index in [1.165, 1.54) is 11.3 Å². The summed E-state index contributed by atoms with van der Waals surface area (Å²) in [5, 5.41) is 9.39. The van der Waals surface area contributed by atoms with Crippen LogP contribution in [-0.2, 0) is 0 Å². The number of hydrogen-bond acceptors (Lipinski definition) is 3. The molecule has 2 rings (SSSR count). The van der Waals surface area contributed by atoms with E-state index >= 15 is 0 Å². The zero-order chi connectivity index (χ0) is 10.3. The summed E-state index contributed by atoms with van der Waals surface area (Å²) in [6, 6.07) is 2.07. The number of anilines is 1. The Morgan fingerprint density at radius 3 is 2.93 bits per heavy atom. The molecule has 0 aliphatic heterocycles. The van der Waals surface area contributed by atoms with Crippen molar-refractivity contribution in [1.82, 2.24) is 0 Å². The van der Waals surface area contributed by atoms with Crippen LogP contribution in [0.2, 0.25) is 0 Å². The van der Waals surface area contributed by atoms with Gasteiger partial charge < -0.3 is 5.73 Å². The second-order valence-electron chi connectivity index (χ2n) is 3.68. The van der Waals surface area contributed by atoms with E-state index in [1.807, 2.05) is 6.92 Å². The van der Waals surface area contributed by atoms with E-state index < -0.39 is 6.17 Å². The fourth-order valence-corrected chi connectivity index (χ4v) is 3.14. The molecule has 0 saturated carbocycles. The van der Waals surface area contributed by atoms with E-state index in [9.17, 15) is 4.39 Å². The number of rotatable bonds is 0. The van der Waals surface area contributed by atoms with Gasteiger partial charge in [0.15, 0.2) is 0 Å². The van der Waals surface area contributed by atoms with E-state index in [4.69, 9.17) is 11.0 Å². The zero-order valence-corrected chi connectivity index (χ0v) is 8.70. The van der Waals surface area contributed by atoms with Gasteiger partial charge in [0.05, 0.1) is 5.56 Å². The molecule has 74 valence electrons. The van der Waals surface area contributed by atoms with Crippen LogP contribution in [0.15, 0.2) is 0 Å². The lowest BCUT2D eigenvalue weighted by Gasteiger charge is -2.21. The second-order valence-corrected chi connectivity index (χ2v) is 4.76. The van der Waals surface area contributed by atoms with Crippen molar-refractivity contribution in [2.24, 2.45) is 0 Å². The maximum atomic E-state index is 13.5. The summed E-state index contributed by atoms with van der Waals surface area (Å²) < 4.78 is 13.5. The van der Waals surface area contributed by atoms with Gasteiger partial charge in [-0.2, -0.15) is 5.26 Å². The molecule has 2 atom stereocenters. The molecule has 1 heterocycles. The summed E-state index contributed by atoms with van der Waals surface area (Å²) in [4.78, 5) is 0.679. The molecule has 14 heavy (non-hydrogen) atoms. The van der Waals surface area contributed by atoms with Gasteiger partial charge in [0.1, 0.15) is 17.2 Å². The number of nitriles is 1. The summed E-state index contributed by atoms with van der Waals surface area (Å²) in [7, 11) is 0. The molecule has 1 aliphatic carbocycles. The van der Waals surface area contributed by atoms with Crippen LogP contribution in [0.3, 0.4) is 0 Å². The van der Waals surface area contributed by atoms with E-state index in [0.29, 0.717) is 21.9 Å². The van der Waals surface area contributed by atoms with Crippen LogP contribution in [0.25, 0.3) is 0 Å². The molecule has 0 amide bonds. The van der Waals surface area contributed by atoms with Crippen molar-refractivity contribution < 1.29 is 4.39 Å². The maximum Gasteiger partial charge on any atom is 0.135 e. The molecule has 2 unspecified atom stereocenters. The van der Waals surface area contributed by atoms with Crippen LogP contribution in [0.4, 0.5) is 9.39 Å². The average molecular weight is 210 g/mol. The minimum absolute atomic E-state index is 0.264. The van der Waals surface area contributed by atoms with Gasteiger partial charge in [0, 0.05) is 4.88 Å². The molecular weight excluding hydrogens is 199 g/mol. The summed E-state index contributed by atoms with van der Waals surface area (Å²) in [6.45, 7) is 2.03. The first-order chi connectivity index (χ1) is 6.65. The Balaban J connectivity index is 2.63. The molecule has 2 N–H and O–H groups in total. The third-order valence-corrected chi connectivity index (χ3v) is 3.86. The fourth-order valence-electron chi connectivity index (χ4n) is 1.99. The van der Waals surface area contributed by atoms with Crippen LogP contribution in [-0.4, -0.2) is 0 Å². The van der Waals surface area contributed by atoms with Crippen molar-refractivity contribution >= 4 is 16.3 Å². The van der Waals surface area contributed by atoms with Gasteiger partial charge in [-0.05, 0) is 24.3 Å². The van der Waals surface area contributed by atoms with Crippen molar-refractivity contribution in [1.29, 1.82) is 5.26 Å². The van der Waals surface area contributed by atoms with Crippen LogP contribution in [0.1, 0.15) is 47.9 Å². The van der Waals surface area contributed by atoms with Crippen molar-refractivity contribution in [3.63, 3.8) is 0 Å². The highest BCUT2D eigenvalue weighted by molar-refractivity contribution is 7.16. The van der Waals surface area contributed by atoms with Crippen molar-refractivity contribution in [2.45, 2.75) is 31.9 Å². The first-order valence-corrected chi connectivity index (χ1v) is 5.43. The number of halogens is 1. The third-order valence-electron chi connectivity index (χ3n) is 2.74. The highest BCUT2D eigenvalue weighted by Crippen LogP contribution is 2.47. The Labute approximate surface area is 86.2 Å². The smallest absolute Gasteiger partial charge is 0.135 e. The van der Waals surface area contributed by atoms with Crippen LogP contribution >= 0.6 is 11.3 Å². The van der Waals surface area contributed by atoms with E-state index in [1.54, 1.807) is 0 Å². The molecule has 1 aromatic heterocycles. The number of fused-ring (bicyclic) bond motifs is 1. The van der Waals surface area contributed by atoms with Crippen LogP contribution in [0, 0.1) is 11.3 Å². The lowest BCUT2D eigenvalue weighted by molar-refractivity contribution is 0.297. The van der Waals surface area contributed by atoms with E-state index in [-0.39, 0.29) is 5.92 Å². The molecule has 4 heteroatoms. The minimum Gasteiger partial charge on any atom is -0.389 e. The van der Waals surface area contributed by atoms with Gasteiger partial charge in [-0.3, -0.25) is 0 Å². The molecular formula is C10H11FN2S. The summed E-state index contributed by atoms with van der Waals surface area (Å²) >= 11 is 1.23. The van der Waals surface area contributed by atoms with E-state index in [0.717, 1.165) is 12.0 Å². The van der Waals surface area contributed by atoms with Gasteiger partial charge in [-0.25, -0.2) is 4.39 Å². The van der Waals surface area contributed by atoms with Gasteiger partial charge in [-0.1, -0.05) is 6.92 Å². The second kappa shape index (κ2) is 3.25. The fraction of sp³-hybridized carbons (Fsp3) is 0.500. The van der Waals surface area contributed by atoms with Crippen LogP contribution < -0.4 is 5.73 Å². The largest absolute Gasteiger partial charge is 0.389 e. The van der Waals surface area contributed by atoms with Gasteiger partial charge >= 0.3 is 0 Å². The lowest BCUT2D eigenvalue weighted by atomic mass is 9.86. The third kappa shape index (κ3) is 1.20. The predicted molar refractivity (Wildman–Crippen MR) is 54.9 cm³/mol. The first kappa shape index (κ1) is 9.47. The van der Waals surface area contributed by atoms with Crippen LogP contribution in [0.5, 0.6) is 0 Å². The quantitative estimate of drug-likeness (QED) is 0.715. The van der Waals surface area contributed by atoms with E-state index in [2.05, 4.69) is 6.07 Å². The standard InChI is InChI=1S/C10H11FN2S/c1-5-2-3-7(11)9-8(5)6(4-12)10(13)14-9/h5,7H,2-3,13H2,1H3. The normalized spacial score (nSPS) is 25.5. The first-order valence-electron chi connectivity index (χ1n) is 4.61. The summed E-state index contributed by atoms with van der Waals surface area (Å²) in [5.41, 5.74) is 7.04. The van der Waals surface area contributed by atoms with Gasteiger partial charge in [0.2, 0.25) is 0 Å². The highest BCUT2D eigenvalue weighted by Gasteiger charge is 2.30. The highest BCUT2D eigenvalue weighted by atomic mass is 32.1. The zero-order valence-electron chi connectivity index (χ0n) is 7.88. The molecule has 0 fully saturated rings. The van der Waals surface area contributed by atoms with Crippen molar-refractivity contribution in [3.05, 3.63) is 16.0 Å². The topological polar surface area (TPSA) is 49.8 Å². The lowest BCUT2D eigenvalue weighted by Crippen LogP contribution is -2.07. The number of nitrogens with two attached hydrogens (primary N) is 1. The molecule has 0 spiro atoms. The monoisotopic (exact) mass is 210 g/mol. The molecule has 1 aromatic rings. The number of hydrogen-bond donors (Lipinski definition) is 1. The van der Waals surface area contributed by atoms with Crippen molar-refractivity contribution in [3.8, 4) is 6.07 Å². The Morgan fingerprint density at radius 2 is 2.29 bits per heavy atom. The van der Waals surface area contributed by atoms with Gasteiger partial charge in [0.25, 0.3) is 0 Å². The van der Waals surface area contributed by atoms with Crippen molar-refractivity contribution in [2.75, 3.05) is 5.73 Å². The SMILES string of the molecule is CC1CCC(F)c2sc(N)c(C#N)c21. The van der Waals surface area contributed by atoms with Gasteiger partial charge in [-0.15, -0.1) is 11.3 Å². The predicted octanol–water partition coefficient (Wildman–Crippen LogP) is 3.11. The molecule has 1 aliphatic rings. The number of nitrogens with zero attached hydrogens (tertiary/aromatic N) is 1. The Morgan fingerprint density at radius 1 is 1.57 bits per heavy atom. The Kier molecular flexibility index (Phi) is 2.20. The molecule has 0 radical (unpaired) electrons. The molecule has 0 aromatic carbocycles. The Hall–Kier alpha value is -1.08. The number of nitrogen functional groups attached to an aromatic ring is 1. The summed E-state index contributed by atoms with van der Waals surface area (Å²) in [5.74, 6) is 0.264. The maximum absolute atomic E-state index is 13.5. The molecule has 0 bridgehead atoms. The minimum atomic E-state index is -0.921. The average Bonchev–Trinajstić information content (AvgIpc) is 2.50. The number of thiophene rings is 1. The summed E-state index contributed by atoms with van der Waals surface area (Å²) in [6.07, 6.45) is 0.438. The number of alkyl halides is 1. The molecule has 2 nitrogen and oxygen atoms in total.